The van der Waals surface area contributed by atoms with Crippen LogP contribution in [0.1, 0.15) is 142 Å². The number of ether oxygens (including phenoxy) is 1. The summed E-state index contributed by atoms with van der Waals surface area (Å²) >= 11 is 0. The first-order valence-electron chi connectivity index (χ1n) is 20.1. The first-order valence-corrected chi connectivity index (χ1v) is 21.6. The molecule has 9 nitrogen and oxygen atoms in total. The van der Waals surface area contributed by atoms with Crippen LogP contribution in [-0.2, 0) is 27.9 Å². The number of unbranched alkanes of at least 4 members (excludes halogenated alkanes) is 9. The Morgan fingerprint density at radius 2 is 1.08 bits per heavy atom. The fourth-order valence-corrected chi connectivity index (χ4v) is 5.54. The Hall–Kier alpha value is -2.81. The summed E-state index contributed by atoms with van der Waals surface area (Å²) in [5.41, 5.74) is 0. The van der Waals surface area contributed by atoms with Gasteiger partial charge >= 0.3 is 13.8 Å². The Kier molecular flexibility index (Phi) is 36.8. The van der Waals surface area contributed by atoms with Gasteiger partial charge in [-0.1, -0.05) is 125 Å². The molecule has 0 fully saturated rings. The summed E-state index contributed by atoms with van der Waals surface area (Å²) in [6.07, 6.45) is 48.0. The molecular formula is C43H72NO8P. The highest BCUT2D eigenvalue weighted by Gasteiger charge is 2.23. The molecule has 0 spiro atoms. The minimum Gasteiger partial charge on any atom is -0.463 e. The lowest BCUT2D eigenvalue weighted by molar-refractivity contribution is -0.147. The number of aliphatic hydroxyl groups excluding tert-OH is 1. The second-order valence-corrected chi connectivity index (χ2v) is 14.3. The van der Waals surface area contributed by atoms with E-state index in [4.69, 9.17) is 13.8 Å². The number of aliphatic hydroxyl groups is 1. The summed E-state index contributed by atoms with van der Waals surface area (Å²) in [5, 5.41) is 12.6. The first kappa shape index (κ1) is 50.2. The van der Waals surface area contributed by atoms with Gasteiger partial charge in [-0.05, 0) is 89.9 Å². The van der Waals surface area contributed by atoms with Crippen molar-refractivity contribution < 1.29 is 37.9 Å². The summed E-state index contributed by atoms with van der Waals surface area (Å²) in [4.78, 5) is 33.8. The van der Waals surface area contributed by atoms with Crippen molar-refractivity contribution in [2.24, 2.45) is 0 Å². The predicted molar refractivity (Wildman–Crippen MR) is 219 cm³/mol. The molecule has 0 aromatic heterocycles. The van der Waals surface area contributed by atoms with Gasteiger partial charge in [-0.15, -0.1) is 0 Å². The third kappa shape index (κ3) is 40.2. The zero-order valence-corrected chi connectivity index (χ0v) is 33.8. The molecule has 0 aliphatic carbocycles. The minimum atomic E-state index is -4.43. The van der Waals surface area contributed by atoms with Crippen molar-refractivity contribution in [1.82, 2.24) is 5.32 Å². The molecular weight excluding hydrogens is 689 g/mol. The summed E-state index contributed by atoms with van der Waals surface area (Å²) in [6, 6.07) is 0. The lowest BCUT2D eigenvalue weighted by Crippen LogP contribution is -2.27. The van der Waals surface area contributed by atoms with Crippen LogP contribution in [0.25, 0.3) is 0 Å². The van der Waals surface area contributed by atoms with Crippen molar-refractivity contribution in [1.29, 1.82) is 0 Å². The van der Waals surface area contributed by atoms with E-state index in [1.54, 1.807) is 0 Å². The third-order valence-electron chi connectivity index (χ3n) is 7.81. The molecule has 0 aromatic rings. The number of allylic oxidation sites excluding steroid dienone is 14. The number of hydrogen-bond acceptors (Lipinski definition) is 7. The molecule has 302 valence electrons. The van der Waals surface area contributed by atoms with Crippen LogP contribution < -0.4 is 5.32 Å². The largest absolute Gasteiger partial charge is 0.472 e. The van der Waals surface area contributed by atoms with Gasteiger partial charge in [0, 0.05) is 19.4 Å². The maximum atomic E-state index is 12.1. The minimum absolute atomic E-state index is 0.0565. The van der Waals surface area contributed by atoms with E-state index in [1.165, 1.54) is 25.7 Å². The summed E-state index contributed by atoms with van der Waals surface area (Å²) in [6.45, 7) is 3.30. The zero-order valence-electron chi connectivity index (χ0n) is 32.9. The van der Waals surface area contributed by atoms with Crippen molar-refractivity contribution in [3.8, 4) is 0 Å². The van der Waals surface area contributed by atoms with Gasteiger partial charge in [-0.3, -0.25) is 18.6 Å². The van der Waals surface area contributed by atoms with Crippen LogP contribution in [-0.4, -0.2) is 54.3 Å². The number of carbonyl (C=O) groups is 2. The Balaban J connectivity index is 3.74. The number of esters is 1. The van der Waals surface area contributed by atoms with Crippen LogP contribution >= 0.6 is 7.82 Å². The van der Waals surface area contributed by atoms with Crippen molar-refractivity contribution in [3.05, 3.63) is 85.1 Å². The fourth-order valence-electron chi connectivity index (χ4n) is 4.79. The van der Waals surface area contributed by atoms with E-state index in [2.05, 4.69) is 104 Å². The molecule has 0 saturated carbocycles. The topological polar surface area (TPSA) is 131 Å². The number of nitrogens with one attached hydrogen (secondary N) is 1. The van der Waals surface area contributed by atoms with Crippen molar-refractivity contribution >= 4 is 19.7 Å². The molecule has 10 heteroatoms. The van der Waals surface area contributed by atoms with Crippen LogP contribution in [0, 0.1) is 0 Å². The van der Waals surface area contributed by atoms with Gasteiger partial charge in [0.1, 0.15) is 12.7 Å². The lowest BCUT2D eigenvalue weighted by atomic mass is 10.1. The van der Waals surface area contributed by atoms with Crippen molar-refractivity contribution in [3.63, 3.8) is 0 Å². The molecule has 0 aliphatic rings. The first-order chi connectivity index (χ1) is 25.8. The maximum absolute atomic E-state index is 12.1. The highest BCUT2D eigenvalue weighted by atomic mass is 31.2. The molecule has 0 saturated heterocycles. The molecule has 0 radical (unpaired) electrons. The fraction of sp³-hybridized carbons (Fsp3) is 0.628. The van der Waals surface area contributed by atoms with E-state index >= 15 is 0 Å². The van der Waals surface area contributed by atoms with Gasteiger partial charge < -0.3 is 20.1 Å². The van der Waals surface area contributed by atoms with E-state index in [9.17, 15) is 24.2 Å². The molecule has 53 heavy (non-hydrogen) atoms. The van der Waals surface area contributed by atoms with E-state index < -0.39 is 26.5 Å². The predicted octanol–water partition coefficient (Wildman–Crippen LogP) is 10.9. The van der Waals surface area contributed by atoms with Crippen LogP contribution in [0.15, 0.2) is 85.1 Å². The van der Waals surface area contributed by atoms with Crippen molar-refractivity contribution in [2.45, 2.75) is 148 Å². The van der Waals surface area contributed by atoms with Gasteiger partial charge in [-0.25, -0.2) is 4.57 Å². The monoisotopic (exact) mass is 761 g/mol. The molecule has 0 heterocycles. The van der Waals surface area contributed by atoms with Gasteiger partial charge in [-0.2, -0.15) is 0 Å². The molecule has 0 bridgehead atoms. The van der Waals surface area contributed by atoms with Gasteiger partial charge in [0.05, 0.1) is 13.2 Å². The number of rotatable bonds is 36. The Morgan fingerprint density at radius 3 is 1.58 bits per heavy atom. The quantitative estimate of drug-likeness (QED) is 0.0249. The second-order valence-electron chi connectivity index (χ2n) is 12.9. The average Bonchev–Trinajstić information content (AvgIpc) is 3.14. The van der Waals surface area contributed by atoms with Crippen LogP contribution in [0.3, 0.4) is 0 Å². The molecule has 0 aliphatic heterocycles. The highest BCUT2D eigenvalue weighted by Crippen LogP contribution is 2.42. The van der Waals surface area contributed by atoms with Crippen LogP contribution in [0.4, 0.5) is 0 Å². The number of hydrogen-bond donors (Lipinski definition) is 3. The summed E-state index contributed by atoms with van der Waals surface area (Å²) in [5.74, 6) is -0.587. The Morgan fingerprint density at radius 1 is 0.604 bits per heavy atom. The van der Waals surface area contributed by atoms with E-state index in [0.717, 1.165) is 83.5 Å². The number of phosphoric ester groups is 1. The highest BCUT2D eigenvalue weighted by molar-refractivity contribution is 7.47. The summed E-state index contributed by atoms with van der Waals surface area (Å²) in [7, 11) is -4.43. The van der Waals surface area contributed by atoms with E-state index in [-0.39, 0.29) is 32.1 Å². The molecule has 0 aromatic carbocycles. The van der Waals surface area contributed by atoms with Gasteiger partial charge in [0.25, 0.3) is 0 Å². The zero-order chi connectivity index (χ0) is 38.9. The third-order valence-corrected chi connectivity index (χ3v) is 8.79. The molecule has 1 amide bonds. The smallest absolute Gasteiger partial charge is 0.463 e. The van der Waals surface area contributed by atoms with Crippen molar-refractivity contribution in [2.75, 3.05) is 26.4 Å². The summed E-state index contributed by atoms with van der Waals surface area (Å²) < 4.78 is 26.8. The van der Waals surface area contributed by atoms with Gasteiger partial charge in [0.15, 0.2) is 0 Å². The standard InChI is InChI=1S/C43H72NO8P/c1-3-5-7-9-11-13-15-17-18-19-20-21-22-24-26-28-30-32-34-36-43(47)50-39-41(45)40-52-53(48,49)51-38-37-44-42(46)35-33-31-29-27-25-23-16-14-12-10-8-6-4-2/h6,8,11-14,17-18,20-21,23-26,41,45H,3-5,7,9-10,15-16,19,22,27-40H2,1-2H3,(H,44,46)(H,48,49)/b8-6-,13-11-,14-12-,18-17-,21-20-,25-23-,26-24-. The van der Waals surface area contributed by atoms with Gasteiger partial charge in [0.2, 0.25) is 5.91 Å². The van der Waals surface area contributed by atoms with Crippen LogP contribution in [0.5, 0.6) is 0 Å². The molecule has 3 N–H and O–H groups in total. The SMILES string of the molecule is CC/C=C\C/C=C\C/C=C\CCCCCC(=O)NCCOP(=O)(O)OCC(O)COC(=O)CCCCC/C=C\C/C=C\C/C=C\C/C=C\CCCCC. The van der Waals surface area contributed by atoms with E-state index in [0.29, 0.717) is 12.8 Å². The molecule has 2 atom stereocenters. The van der Waals surface area contributed by atoms with E-state index in [1.807, 2.05) is 0 Å². The number of amides is 1. The average molecular weight is 762 g/mol. The number of carbonyl (C=O) groups excluding carboxylic acids is 2. The lowest BCUT2D eigenvalue weighted by Gasteiger charge is -2.15. The molecule has 2 unspecified atom stereocenters. The number of phosphoric acid groups is 1. The Bertz CT molecular complexity index is 1140. The van der Waals surface area contributed by atoms with Crippen LogP contribution in [0.2, 0.25) is 0 Å². The maximum Gasteiger partial charge on any atom is 0.472 e. The Labute approximate surface area is 322 Å². The molecule has 0 rings (SSSR count). The normalized spacial score (nSPS) is 14.3. The second kappa shape index (κ2) is 38.9.